The fraction of sp³-hybridized carbons (Fsp3) is 0.571. The Morgan fingerprint density at radius 3 is 2.56 bits per heavy atom. The van der Waals surface area contributed by atoms with E-state index in [1.807, 2.05) is 0 Å². The first-order valence-electron chi connectivity index (χ1n) is 6.12. The zero-order chi connectivity index (χ0) is 11.8. The highest BCUT2D eigenvalue weighted by molar-refractivity contribution is 5.21. The van der Waals surface area contributed by atoms with Crippen LogP contribution in [0.25, 0.3) is 0 Å². The second-order valence-electron chi connectivity index (χ2n) is 4.46. The fourth-order valence-electron chi connectivity index (χ4n) is 1.67. The molecule has 1 rings (SSSR count). The van der Waals surface area contributed by atoms with Gasteiger partial charge in [-0.25, -0.2) is 0 Å². The summed E-state index contributed by atoms with van der Waals surface area (Å²) in [4.78, 5) is 0. The van der Waals surface area contributed by atoms with Crippen LogP contribution < -0.4 is 5.32 Å². The molecule has 0 aliphatic heterocycles. The van der Waals surface area contributed by atoms with E-state index in [-0.39, 0.29) is 6.61 Å². The summed E-state index contributed by atoms with van der Waals surface area (Å²) in [5, 5.41) is 12.1. The predicted molar refractivity (Wildman–Crippen MR) is 68.7 cm³/mol. The molecule has 1 aromatic carbocycles. The lowest BCUT2D eigenvalue weighted by Gasteiger charge is -2.13. The Balaban J connectivity index is 2.20. The number of rotatable bonds is 7. The number of hydrogen-bond donors (Lipinski definition) is 2. The zero-order valence-corrected chi connectivity index (χ0v) is 10.4. The van der Waals surface area contributed by atoms with Crippen molar-refractivity contribution < 1.29 is 5.11 Å². The molecule has 0 aromatic heterocycles. The number of hydrogen-bond acceptors (Lipinski definition) is 2. The van der Waals surface area contributed by atoms with Crippen molar-refractivity contribution in [1.29, 1.82) is 0 Å². The maximum Gasteiger partial charge on any atom is 0.0443 e. The molecule has 2 heteroatoms. The summed E-state index contributed by atoms with van der Waals surface area (Å²) in [5.74, 6) is 0. The Kier molecular flexibility index (Phi) is 6.12. The molecule has 0 saturated heterocycles. The lowest BCUT2D eigenvalue weighted by atomic mass is 10.0. The molecule has 0 amide bonds. The molecule has 90 valence electrons. The largest absolute Gasteiger partial charge is 0.396 e. The SMILES string of the molecule is Cc1ccc(CCC(C)NCCCO)cc1. The van der Waals surface area contributed by atoms with Crippen molar-refractivity contribution in [3.8, 4) is 0 Å². The number of aliphatic hydroxyl groups is 1. The predicted octanol–water partition coefficient (Wildman–Crippen LogP) is 2.29. The highest BCUT2D eigenvalue weighted by Crippen LogP contribution is 2.07. The first-order valence-corrected chi connectivity index (χ1v) is 6.12. The molecule has 1 atom stereocenters. The molecule has 0 spiro atoms. The average molecular weight is 221 g/mol. The van der Waals surface area contributed by atoms with Crippen LogP contribution in [-0.2, 0) is 6.42 Å². The van der Waals surface area contributed by atoms with Gasteiger partial charge < -0.3 is 10.4 Å². The minimum atomic E-state index is 0.275. The molecule has 2 nitrogen and oxygen atoms in total. The van der Waals surface area contributed by atoms with Gasteiger partial charge in [0, 0.05) is 12.6 Å². The van der Waals surface area contributed by atoms with Gasteiger partial charge in [0.2, 0.25) is 0 Å². The van der Waals surface area contributed by atoms with Gasteiger partial charge in [-0.1, -0.05) is 29.8 Å². The van der Waals surface area contributed by atoms with E-state index in [9.17, 15) is 0 Å². The van der Waals surface area contributed by atoms with E-state index in [1.165, 1.54) is 11.1 Å². The third-order valence-corrected chi connectivity index (χ3v) is 2.81. The van der Waals surface area contributed by atoms with Crippen molar-refractivity contribution in [3.63, 3.8) is 0 Å². The summed E-state index contributed by atoms with van der Waals surface area (Å²) in [7, 11) is 0. The van der Waals surface area contributed by atoms with Crippen LogP contribution in [-0.4, -0.2) is 24.3 Å². The quantitative estimate of drug-likeness (QED) is 0.692. The summed E-state index contributed by atoms with van der Waals surface area (Å²) in [6, 6.07) is 9.26. The number of aryl methyl sites for hydroxylation is 2. The lowest BCUT2D eigenvalue weighted by Crippen LogP contribution is -2.27. The van der Waals surface area contributed by atoms with Crippen LogP contribution in [0.4, 0.5) is 0 Å². The monoisotopic (exact) mass is 221 g/mol. The summed E-state index contributed by atoms with van der Waals surface area (Å²) >= 11 is 0. The van der Waals surface area contributed by atoms with Crippen molar-refractivity contribution in [2.45, 2.75) is 39.2 Å². The van der Waals surface area contributed by atoms with E-state index in [0.717, 1.165) is 25.8 Å². The lowest BCUT2D eigenvalue weighted by molar-refractivity contribution is 0.283. The third kappa shape index (κ3) is 5.29. The van der Waals surface area contributed by atoms with Gasteiger partial charge in [0.25, 0.3) is 0 Å². The number of benzene rings is 1. The minimum absolute atomic E-state index is 0.275. The molecule has 0 saturated carbocycles. The normalized spacial score (nSPS) is 12.7. The Morgan fingerprint density at radius 1 is 1.25 bits per heavy atom. The Morgan fingerprint density at radius 2 is 1.94 bits per heavy atom. The highest BCUT2D eigenvalue weighted by atomic mass is 16.3. The van der Waals surface area contributed by atoms with Crippen LogP contribution in [0.15, 0.2) is 24.3 Å². The molecule has 0 heterocycles. The maximum atomic E-state index is 8.67. The van der Waals surface area contributed by atoms with Gasteiger partial charge in [0.1, 0.15) is 0 Å². The van der Waals surface area contributed by atoms with E-state index in [0.29, 0.717) is 6.04 Å². The topological polar surface area (TPSA) is 32.3 Å². The molecule has 0 aliphatic rings. The van der Waals surface area contributed by atoms with Crippen molar-refractivity contribution >= 4 is 0 Å². The van der Waals surface area contributed by atoms with Crippen molar-refractivity contribution in [2.75, 3.05) is 13.2 Å². The second kappa shape index (κ2) is 7.42. The zero-order valence-electron chi connectivity index (χ0n) is 10.4. The minimum Gasteiger partial charge on any atom is -0.396 e. The molecule has 0 radical (unpaired) electrons. The molecule has 16 heavy (non-hydrogen) atoms. The van der Waals surface area contributed by atoms with Gasteiger partial charge >= 0.3 is 0 Å². The van der Waals surface area contributed by atoms with Crippen LogP contribution in [0, 0.1) is 6.92 Å². The molecular formula is C14H23NO. The standard InChI is InChI=1S/C14H23NO/c1-12-4-7-14(8-5-12)9-6-13(2)15-10-3-11-16/h4-5,7-8,13,15-16H,3,6,9-11H2,1-2H3. The van der Waals surface area contributed by atoms with Gasteiger partial charge in [-0.2, -0.15) is 0 Å². The average Bonchev–Trinajstić information content (AvgIpc) is 2.29. The van der Waals surface area contributed by atoms with Gasteiger partial charge in [-0.3, -0.25) is 0 Å². The molecular weight excluding hydrogens is 198 g/mol. The van der Waals surface area contributed by atoms with E-state index >= 15 is 0 Å². The van der Waals surface area contributed by atoms with Gasteiger partial charge in [-0.05, 0) is 45.2 Å². The third-order valence-electron chi connectivity index (χ3n) is 2.81. The summed E-state index contributed by atoms with van der Waals surface area (Å²) < 4.78 is 0. The summed E-state index contributed by atoms with van der Waals surface area (Å²) in [6.07, 6.45) is 3.11. The van der Waals surface area contributed by atoms with Crippen LogP contribution in [0.1, 0.15) is 30.9 Å². The van der Waals surface area contributed by atoms with Crippen LogP contribution in [0.3, 0.4) is 0 Å². The van der Waals surface area contributed by atoms with Gasteiger partial charge in [-0.15, -0.1) is 0 Å². The Labute approximate surface area is 98.7 Å². The van der Waals surface area contributed by atoms with E-state index < -0.39 is 0 Å². The van der Waals surface area contributed by atoms with Crippen molar-refractivity contribution in [2.24, 2.45) is 0 Å². The Bertz CT molecular complexity index is 281. The van der Waals surface area contributed by atoms with E-state index in [4.69, 9.17) is 5.11 Å². The summed E-state index contributed by atoms with van der Waals surface area (Å²) in [6.45, 7) is 5.50. The molecule has 0 aliphatic carbocycles. The van der Waals surface area contributed by atoms with E-state index in [2.05, 4.69) is 43.4 Å². The van der Waals surface area contributed by atoms with Crippen LogP contribution in [0.5, 0.6) is 0 Å². The van der Waals surface area contributed by atoms with Gasteiger partial charge in [0.05, 0.1) is 0 Å². The second-order valence-corrected chi connectivity index (χ2v) is 4.46. The van der Waals surface area contributed by atoms with E-state index in [1.54, 1.807) is 0 Å². The fourth-order valence-corrected chi connectivity index (χ4v) is 1.67. The maximum absolute atomic E-state index is 8.67. The molecule has 0 fully saturated rings. The first-order chi connectivity index (χ1) is 7.72. The van der Waals surface area contributed by atoms with Gasteiger partial charge in [0.15, 0.2) is 0 Å². The smallest absolute Gasteiger partial charge is 0.0443 e. The number of aliphatic hydroxyl groups excluding tert-OH is 1. The first kappa shape index (κ1) is 13.2. The molecule has 1 aromatic rings. The molecule has 1 unspecified atom stereocenters. The number of nitrogens with one attached hydrogen (secondary N) is 1. The summed E-state index contributed by atoms with van der Waals surface area (Å²) in [5.41, 5.74) is 2.72. The van der Waals surface area contributed by atoms with Crippen LogP contribution in [0.2, 0.25) is 0 Å². The molecule has 0 bridgehead atoms. The van der Waals surface area contributed by atoms with Crippen LogP contribution >= 0.6 is 0 Å². The Hall–Kier alpha value is -0.860. The van der Waals surface area contributed by atoms with Crippen molar-refractivity contribution in [1.82, 2.24) is 5.32 Å². The van der Waals surface area contributed by atoms with Crippen molar-refractivity contribution in [3.05, 3.63) is 35.4 Å². The molecule has 2 N–H and O–H groups in total. The highest BCUT2D eigenvalue weighted by Gasteiger charge is 2.01.